The molecule has 0 aliphatic rings. The number of hydrogen-bond donors (Lipinski definition) is 0. The van der Waals surface area contributed by atoms with E-state index in [0.29, 0.717) is 28.7 Å². The molecular weight excluding hydrogens is 332 g/mol. The van der Waals surface area contributed by atoms with Crippen molar-refractivity contribution in [3.05, 3.63) is 70.6 Å². The van der Waals surface area contributed by atoms with Crippen molar-refractivity contribution in [3.8, 4) is 11.5 Å². The van der Waals surface area contributed by atoms with Crippen LogP contribution >= 0.6 is 0 Å². The number of hydrogen-bond acceptors (Lipinski definition) is 5. The molecule has 0 N–H and O–H groups in total. The maximum atomic E-state index is 12.3. The van der Waals surface area contributed by atoms with Gasteiger partial charge in [-0.05, 0) is 37.1 Å². The summed E-state index contributed by atoms with van der Waals surface area (Å²) in [5.41, 5.74) is 0.312. The maximum Gasteiger partial charge on any atom is 0.349 e. The lowest BCUT2D eigenvalue weighted by Crippen LogP contribution is -2.20. The fourth-order valence-corrected chi connectivity index (χ4v) is 2.65. The van der Waals surface area contributed by atoms with E-state index in [1.807, 2.05) is 31.2 Å². The van der Waals surface area contributed by atoms with Crippen LogP contribution in [0.25, 0.3) is 11.0 Å². The first-order valence-corrected chi connectivity index (χ1v) is 8.62. The van der Waals surface area contributed by atoms with Gasteiger partial charge in [-0.15, -0.1) is 0 Å². The molecule has 0 unspecified atom stereocenters. The van der Waals surface area contributed by atoms with Gasteiger partial charge in [0.05, 0.1) is 10.9 Å². The van der Waals surface area contributed by atoms with Crippen molar-refractivity contribution in [1.29, 1.82) is 0 Å². The minimum Gasteiger partial charge on any atom is -0.482 e. The number of rotatable bonds is 7. The number of benzene rings is 2. The zero-order chi connectivity index (χ0) is 18.4. The summed E-state index contributed by atoms with van der Waals surface area (Å²) in [5.74, 6) is 0.280. The van der Waals surface area contributed by atoms with Gasteiger partial charge in [0, 0.05) is 0 Å². The summed E-state index contributed by atoms with van der Waals surface area (Å²) in [6.45, 7) is 1.79. The Bertz CT molecular complexity index is 944. The van der Waals surface area contributed by atoms with Crippen molar-refractivity contribution in [3.63, 3.8) is 0 Å². The molecule has 3 rings (SSSR count). The quantitative estimate of drug-likeness (QED) is 0.473. The number of carbonyl (C=O) groups is 1. The Kier molecular flexibility index (Phi) is 5.69. The van der Waals surface area contributed by atoms with Crippen LogP contribution in [0.15, 0.2) is 63.8 Å². The molecular formula is C21H20O5. The Balaban J connectivity index is 1.87. The predicted molar refractivity (Wildman–Crippen MR) is 98.7 cm³/mol. The summed E-state index contributed by atoms with van der Waals surface area (Å²) in [5, 5.41) is 0.603. The average molecular weight is 352 g/mol. The summed E-state index contributed by atoms with van der Waals surface area (Å²) < 4.78 is 16.3. The lowest BCUT2D eigenvalue weighted by Gasteiger charge is -2.12. The van der Waals surface area contributed by atoms with Gasteiger partial charge in [-0.2, -0.15) is 0 Å². The van der Waals surface area contributed by atoms with Crippen LogP contribution in [0.2, 0.25) is 0 Å². The fourth-order valence-electron chi connectivity index (χ4n) is 2.65. The number of para-hydroxylation sites is 2. The van der Waals surface area contributed by atoms with Gasteiger partial charge in [-0.25, -0.2) is 9.59 Å². The molecule has 0 aliphatic carbocycles. The SMILES string of the molecule is CCCCc1c(OC(=O)COc2ccccc2)c2ccccc2oc1=O. The van der Waals surface area contributed by atoms with Crippen LogP contribution in [0.1, 0.15) is 25.3 Å². The van der Waals surface area contributed by atoms with Crippen LogP contribution < -0.4 is 15.1 Å². The second-order valence-electron chi connectivity index (χ2n) is 5.87. The third-order valence-corrected chi connectivity index (χ3v) is 3.95. The summed E-state index contributed by atoms with van der Waals surface area (Å²) in [7, 11) is 0. The second-order valence-corrected chi connectivity index (χ2v) is 5.87. The molecule has 5 heteroatoms. The summed E-state index contributed by atoms with van der Waals surface area (Å²) in [6.07, 6.45) is 2.21. The van der Waals surface area contributed by atoms with Gasteiger partial charge in [-0.1, -0.05) is 43.7 Å². The highest BCUT2D eigenvalue weighted by atomic mass is 16.6. The monoisotopic (exact) mass is 352 g/mol. The lowest BCUT2D eigenvalue weighted by atomic mass is 10.1. The molecule has 134 valence electrons. The van der Waals surface area contributed by atoms with Gasteiger partial charge < -0.3 is 13.9 Å². The molecule has 1 heterocycles. The first kappa shape index (κ1) is 17.7. The van der Waals surface area contributed by atoms with Gasteiger partial charge in [0.15, 0.2) is 12.4 Å². The zero-order valence-corrected chi connectivity index (χ0v) is 14.6. The molecule has 0 bridgehead atoms. The Morgan fingerprint density at radius 1 is 1.04 bits per heavy atom. The molecule has 0 spiro atoms. The first-order chi connectivity index (χ1) is 12.7. The van der Waals surface area contributed by atoms with E-state index in [0.717, 1.165) is 12.8 Å². The van der Waals surface area contributed by atoms with E-state index in [9.17, 15) is 9.59 Å². The van der Waals surface area contributed by atoms with Gasteiger partial charge in [0.1, 0.15) is 11.3 Å². The van der Waals surface area contributed by atoms with Crippen molar-refractivity contribution in [2.24, 2.45) is 0 Å². The Labute approximate surface area is 151 Å². The molecule has 1 aromatic heterocycles. The van der Waals surface area contributed by atoms with Crippen LogP contribution in [-0.4, -0.2) is 12.6 Å². The molecule has 26 heavy (non-hydrogen) atoms. The zero-order valence-electron chi connectivity index (χ0n) is 14.6. The molecule has 0 fully saturated rings. The van der Waals surface area contributed by atoms with Crippen molar-refractivity contribution in [2.45, 2.75) is 26.2 Å². The molecule has 5 nitrogen and oxygen atoms in total. The first-order valence-electron chi connectivity index (χ1n) is 8.62. The topological polar surface area (TPSA) is 65.7 Å². The van der Waals surface area contributed by atoms with Gasteiger partial charge in [-0.3, -0.25) is 0 Å². The predicted octanol–water partition coefficient (Wildman–Crippen LogP) is 4.12. The second kappa shape index (κ2) is 8.34. The van der Waals surface area contributed by atoms with Gasteiger partial charge >= 0.3 is 11.6 Å². The minimum absolute atomic E-state index is 0.244. The number of carbonyl (C=O) groups excluding carboxylic acids is 1. The van der Waals surface area contributed by atoms with Crippen molar-refractivity contribution in [2.75, 3.05) is 6.61 Å². The lowest BCUT2D eigenvalue weighted by molar-refractivity contribution is -0.136. The summed E-state index contributed by atoms with van der Waals surface area (Å²) in [4.78, 5) is 24.6. The normalized spacial score (nSPS) is 10.7. The number of ether oxygens (including phenoxy) is 2. The van der Waals surface area contributed by atoms with E-state index < -0.39 is 11.6 Å². The van der Waals surface area contributed by atoms with Crippen molar-refractivity contribution >= 4 is 16.9 Å². The largest absolute Gasteiger partial charge is 0.482 e. The molecule has 0 saturated carbocycles. The molecule has 2 aromatic carbocycles. The summed E-state index contributed by atoms with van der Waals surface area (Å²) in [6, 6.07) is 16.0. The Hall–Kier alpha value is -3.08. The van der Waals surface area contributed by atoms with Crippen LogP contribution in [0.3, 0.4) is 0 Å². The third kappa shape index (κ3) is 4.11. The van der Waals surface area contributed by atoms with Gasteiger partial charge in [0.2, 0.25) is 0 Å². The Morgan fingerprint density at radius 3 is 2.54 bits per heavy atom. The molecule has 0 saturated heterocycles. The molecule has 3 aromatic rings. The van der Waals surface area contributed by atoms with Gasteiger partial charge in [0.25, 0.3) is 0 Å². The Morgan fingerprint density at radius 2 is 1.77 bits per heavy atom. The highest BCUT2D eigenvalue weighted by Crippen LogP contribution is 2.28. The van der Waals surface area contributed by atoms with E-state index in [2.05, 4.69) is 0 Å². The molecule has 0 radical (unpaired) electrons. The van der Waals surface area contributed by atoms with Crippen molar-refractivity contribution in [1.82, 2.24) is 0 Å². The smallest absolute Gasteiger partial charge is 0.349 e. The number of unbranched alkanes of at least 4 members (excludes halogenated alkanes) is 1. The number of esters is 1. The van der Waals surface area contributed by atoms with Crippen molar-refractivity contribution < 1.29 is 18.7 Å². The molecule has 0 aliphatic heterocycles. The maximum absolute atomic E-state index is 12.3. The molecule has 0 atom stereocenters. The van der Waals surface area contributed by atoms with E-state index in [1.165, 1.54) is 0 Å². The van der Waals surface area contributed by atoms with Crippen LogP contribution in [0.5, 0.6) is 11.5 Å². The van der Waals surface area contributed by atoms with Crippen LogP contribution in [0.4, 0.5) is 0 Å². The van der Waals surface area contributed by atoms with Crippen LogP contribution in [-0.2, 0) is 11.2 Å². The number of fused-ring (bicyclic) bond motifs is 1. The van der Waals surface area contributed by atoms with Crippen LogP contribution in [0, 0.1) is 0 Å². The standard InChI is InChI=1S/C21H20O5/c1-2-3-11-17-20(16-12-7-8-13-18(16)25-21(17)23)26-19(22)14-24-15-9-5-4-6-10-15/h4-10,12-13H,2-3,11,14H2,1H3. The molecule has 0 amide bonds. The summed E-state index contributed by atoms with van der Waals surface area (Å²) >= 11 is 0. The van der Waals surface area contributed by atoms with E-state index in [1.54, 1.807) is 30.3 Å². The third-order valence-electron chi connectivity index (χ3n) is 3.95. The van der Waals surface area contributed by atoms with E-state index >= 15 is 0 Å². The minimum atomic E-state index is -0.567. The average Bonchev–Trinajstić information content (AvgIpc) is 2.66. The van der Waals surface area contributed by atoms with E-state index in [4.69, 9.17) is 13.9 Å². The highest BCUT2D eigenvalue weighted by Gasteiger charge is 2.18. The highest BCUT2D eigenvalue weighted by molar-refractivity contribution is 5.87. The fraction of sp³-hybridized carbons (Fsp3) is 0.238. The van der Waals surface area contributed by atoms with E-state index in [-0.39, 0.29) is 12.4 Å².